The Labute approximate surface area is 193 Å². The molecule has 6 nitrogen and oxygen atoms in total. The summed E-state index contributed by atoms with van der Waals surface area (Å²) in [6.07, 6.45) is 1.68. The molecule has 0 heterocycles. The van der Waals surface area contributed by atoms with Crippen LogP contribution in [0.15, 0.2) is 71.6 Å². The summed E-state index contributed by atoms with van der Waals surface area (Å²) in [7, 11) is -2.53. The average molecular weight is 469 g/mol. The third kappa shape index (κ3) is 5.01. The van der Waals surface area contributed by atoms with E-state index in [1.165, 1.54) is 19.2 Å². The van der Waals surface area contributed by atoms with Crippen LogP contribution in [0.1, 0.15) is 34.3 Å². The van der Waals surface area contributed by atoms with Crippen LogP contribution < -0.4 is 9.46 Å². The minimum atomic E-state index is -3.99. The molecular formula is C25H25FN2O4S. The lowest BCUT2D eigenvalue weighted by atomic mass is 10.1. The number of rotatable bonds is 8. The van der Waals surface area contributed by atoms with E-state index in [0.717, 1.165) is 12.8 Å². The van der Waals surface area contributed by atoms with Crippen LogP contribution >= 0.6 is 0 Å². The van der Waals surface area contributed by atoms with E-state index < -0.39 is 10.0 Å². The maximum absolute atomic E-state index is 14.2. The summed E-state index contributed by atoms with van der Waals surface area (Å²) < 4.78 is 48.3. The van der Waals surface area contributed by atoms with Crippen LogP contribution in [0.25, 0.3) is 0 Å². The summed E-state index contributed by atoms with van der Waals surface area (Å²) in [4.78, 5) is 15.0. The molecule has 1 fully saturated rings. The molecule has 0 spiro atoms. The number of carbonyl (C=O) groups is 1. The van der Waals surface area contributed by atoms with Gasteiger partial charge in [0.05, 0.1) is 17.7 Å². The third-order valence-corrected chi connectivity index (χ3v) is 7.13. The van der Waals surface area contributed by atoms with Crippen LogP contribution in [0.5, 0.6) is 5.75 Å². The molecule has 0 radical (unpaired) electrons. The van der Waals surface area contributed by atoms with Gasteiger partial charge in [0.25, 0.3) is 15.9 Å². The topological polar surface area (TPSA) is 75.7 Å². The Morgan fingerprint density at radius 2 is 1.79 bits per heavy atom. The summed E-state index contributed by atoms with van der Waals surface area (Å²) in [5, 5.41) is 0. The number of sulfonamides is 1. The largest absolute Gasteiger partial charge is 0.495 e. The number of halogens is 1. The van der Waals surface area contributed by atoms with Gasteiger partial charge in [0, 0.05) is 23.7 Å². The van der Waals surface area contributed by atoms with Gasteiger partial charge in [-0.15, -0.1) is 0 Å². The van der Waals surface area contributed by atoms with E-state index in [1.54, 1.807) is 66.4 Å². The molecular weight excluding hydrogens is 443 g/mol. The van der Waals surface area contributed by atoms with Gasteiger partial charge in [0.1, 0.15) is 11.6 Å². The zero-order valence-corrected chi connectivity index (χ0v) is 19.2. The monoisotopic (exact) mass is 468 g/mol. The summed E-state index contributed by atoms with van der Waals surface area (Å²) >= 11 is 0. The summed E-state index contributed by atoms with van der Waals surface area (Å²) in [6.45, 7) is 1.80. The van der Waals surface area contributed by atoms with Gasteiger partial charge in [0.2, 0.25) is 0 Å². The molecule has 0 bridgehead atoms. The number of benzene rings is 3. The number of anilines is 1. The molecule has 0 saturated heterocycles. The highest BCUT2D eigenvalue weighted by Crippen LogP contribution is 2.32. The van der Waals surface area contributed by atoms with Crippen molar-refractivity contribution in [2.24, 2.45) is 0 Å². The van der Waals surface area contributed by atoms with Gasteiger partial charge in [-0.2, -0.15) is 0 Å². The second-order valence-electron chi connectivity index (χ2n) is 8.04. The first kappa shape index (κ1) is 22.8. The van der Waals surface area contributed by atoms with Gasteiger partial charge >= 0.3 is 0 Å². The fourth-order valence-electron chi connectivity index (χ4n) is 3.68. The highest BCUT2D eigenvalue weighted by Gasteiger charge is 2.34. The van der Waals surface area contributed by atoms with Gasteiger partial charge in [-0.1, -0.05) is 36.4 Å². The van der Waals surface area contributed by atoms with Crippen molar-refractivity contribution in [3.63, 3.8) is 0 Å². The fraction of sp³-hybridized carbons (Fsp3) is 0.240. The molecule has 3 aromatic rings. The van der Waals surface area contributed by atoms with Crippen molar-refractivity contribution in [1.82, 2.24) is 4.90 Å². The first-order chi connectivity index (χ1) is 15.8. The van der Waals surface area contributed by atoms with Crippen LogP contribution in [0, 0.1) is 12.7 Å². The van der Waals surface area contributed by atoms with Crippen molar-refractivity contribution in [1.29, 1.82) is 0 Å². The lowest BCUT2D eigenvalue weighted by Crippen LogP contribution is -2.33. The zero-order valence-electron chi connectivity index (χ0n) is 18.4. The van der Waals surface area contributed by atoms with E-state index in [0.29, 0.717) is 22.6 Å². The minimum absolute atomic E-state index is 0.000828. The maximum atomic E-state index is 14.2. The lowest BCUT2D eigenvalue weighted by Gasteiger charge is -2.23. The van der Waals surface area contributed by atoms with Crippen molar-refractivity contribution in [3.8, 4) is 5.75 Å². The number of nitrogens with zero attached hydrogens (tertiary/aromatic N) is 1. The number of nitrogens with one attached hydrogen (secondary N) is 1. The normalized spacial score (nSPS) is 13.4. The molecule has 8 heteroatoms. The number of aryl methyl sites for hydroxylation is 1. The van der Waals surface area contributed by atoms with Gasteiger partial charge < -0.3 is 9.64 Å². The van der Waals surface area contributed by atoms with Gasteiger partial charge in [-0.25, -0.2) is 12.8 Å². The Kier molecular flexibility index (Phi) is 6.37. The van der Waals surface area contributed by atoms with E-state index in [1.807, 2.05) is 0 Å². The molecule has 1 N–H and O–H groups in total. The predicted octanol–water partition coefficient (Wildman–Crippen LogP) is 4.75. The van der Waals surface area contributed by atoms with Gasteiger partial charge in [0.15, 0.2) is 0 Å². The van der Waals surface area contributed by atoms with E-state index in [4.69, 9.17) is 4.74 Å². The predicted molar refractivity (Wildman–Crippen MR) is 124 cm³/mol. The number of methoxy groups -OCH3 is 1. The number of carbonyl (C=O) groups excluding carboxylic acids is 1. The van der Waals surface area contributed by atoms with Gasteiger partial charge in [-0.05, 0) is 55.7 Å². The van der Waals surface area contributed by atoms with E-state index in [9.17, 15) is 17.6 Å². The molecule has 3 aromatic carbocycles. The smallest absolute Gasteiger partial charge is 0.262 e. The third-order valence-electron chi connectivity index (χ3n) is 5.62. The van der Waals surface area contributed by atoms with Crippen molar-refractivity contribution in [2.75, 3.05) is 11.8 Å². The number of hydrogen-bond acceptors (Lipinski definition) is 4. The molecule has 1 saturated carbocycles. The molecule has 0 atom stereocenters. The van der Waals surface area contributed by atoms with Crippen molar-refractivity contribution in [3.05, 3.63) is 89.2 Å². The van der Waals surface area contributed by atoms with Crippen LogP contribution in [-0.2, 0) is 16.6 Å². The molecule has 0 unspecified atom stereocenters. The second-order valence-corrected chi connectivity index (χ2v) is 9.69. The Morgan fingerprint density at radius 3 is 2.48 bits per heavy atom. The molecule has 0 aliphatic heterocycles. The van der Waals surface area contributed by atoms with Crippen LogP contribution in [-0.4, -0.2) is 32.4 Å². The lowest BCUT2D eigenvalue weighted by molar-refractivity contribution is 0.0728. The van der Waals surface area contributed by atoms with E-state index >= 15 is 0 Å². The molecule has 4 rings (SSSR count). The minimum Gasteiger partial charge on any atom is -0.495 e. The first-order valence-corrected chi connectivity index (χ1v) is 12.1. The highest BCUT2D eigenvalue weighted by molar-refractivity contribution is 7.92. The second kappa shape index (κ2) is 9.23. The molecule has 33 heavy (non-hydrogen) atoms. The zero-order chi connectivity index (χ0) is 23.6. The number of para-hydroxylation sites is 2. The standard InChI is InChI=1S/C25H25FN2O4S/c1-17-11-12-18(15-24(17)33(30,31)27-22-9-5-6-10-23(22)32-2)25(29)28(20-13-14-20)16-19-7-3-4-8-21(19)26/h3-12,15,20,27H,13-14,16H2,1-2H3. The van der Waals surface area contributed by atoms with Crippen LogP contribution in [0.3, 0.4) is 0 Å². The molecule has 1 amide bonds. The Balaban J connectivity index is 1.64. The first-order valence-electron chi connectivity index (χ1n) is 10.6. The Morgan fingerprint density at radius 1 is 1.09 bits per heavy atom. The molecule has 1 aliphatic rings. The number of hydrogen-bond donors (Lipinski definition) is 1. The SMILES string of the molecule is COc1ccccc1NS(=O)(=O)c1cc(C(=O)N(Cc2ccccc2F)C2CC2)ccc1C. The average Bonchev–Trinajstić information content (AvgIpc) is 3.64. The molecule has 0 aromatic heterocycles. The molecule has 1 aliphatic carbocycles. The quantitative estimate of drug-likeness (QED) is 0.518. The van der Waals surface area contributed by atoms with Crippen molar-refractivity contribution >= 4 is 21.6 Å². The van der Waals surface area contributed by atoms with E-state index in [2.05, 4.69) is 4.72 Å². The maximum Gasteiger partial charge on any atom is 0.262 e. The van der Waals surface area contributed by atoms with Crippen molar-refractivity contribution < 1.29 is 22.3 Å². The van der Waals surface area contributed by atoms with Gasteiger partial charge in [-0.3, -0.25) is 9.52 Å². The van der Waals surface area contributed by atoms with Crippen molar-refractivity contribution in [2.45, 2.75) is 37.2 Å². The summed E-state index contributed by atoms with van der Waals surface area (Å²) in [5.41, 5.74) is 1.47. The fourth-order valence-corrected chi connectivity index (χ4v) is 5.02. The molecule has 172 valence electrons. The van der Waals surface area contributed by atoms with Crippen LogP contribution in [0.4, 0.5) is 10.1 Å². The van der Waals surface area contributed by atoms with Crippen LogP contribution in [0.2, 0.25) is 0 Å². The highest BCUT2D eigenvalue weighted by atomic mass is 32.2. The Hall–Kier alpha value is -3.39. The Bertz CT molecular complexity index is 1290. The number of amides is 1. The summed E-state index contributed by atoms with van der Waals surface area (Å²) in [6, 6.07) is 17.7. The van der Waals surface area contributed by atoms with E-state index in [-0.39, 0.29) is 34.8 Å². The summed E-state index contributed by atoms with van der Waals surface area (Å²) in [5.74, 6) is -0.311. The number of ether oxygens (including phenoxy) is 1.